The maximum absolute atomic E-state index is 3.77. The Balaban J connectivity index is 1.57. The molecular weight excluding hydrogens is 252 g/mol. The van der Waals surface area contributed by atoms with Gasteiger partial charge in [-0.2, -0.15) is 11.8 Å². The number of rotatable bonds is 6. The third kappa shape index (κ3) is 2.84. The molecule has 2 saturated heterocycles. The largest absolute Gasteiger partial charge is 0.314 e. The fraction of sp³-hybridized carbons (Fsp3) is 1.00. The van der Waals surface area contributed by atoms with Crippen molar-refractivity contribution >= 4 is 11.8 Å². The highest BCUT2D eigenvalue weighted by atomic mass is 32.2. The summed E-state index contributed by atoms with van der Waals surface area (Å²) in [5.41, 5.74) is 0. The summed E-state index contributed by atoms with van der Waals surface area (Å²) in [5.74, 6) is 0. The fourth-order valence-electron chi connectivity index (χ4n) is 4.38. The van der Waals surface area contributed by atoms with E-state index in [1.54, 1.807) is 0 Å². The predicted molar refractivity (Wildman–Crippen MR) is 84.9 cm³/mol. The van der Waals surface area contributed by atoms with Crippen LogP contribution >= 0.6 is 11.8 Å². The number of hydrogen-bond donors (Lipinski definition) is 1. The van der Waals surface area contributed by atoms with E-state index >= 15 is 0 Å². The molecule has 0 aromatic carbocycles. The maximum atomic E-state index is 3.77. The van der Waals surface area contributed by atoms with E-state index in [-0.39, 0.29) is 0 Å². The molecule has 2 bridgehead atoms. The molecule has 0 radical (unpaired) electrons. The summed E-state index contributed by atoms with van der Waals surface area (Å²) in [7, 11) is 0. The van der Waals surface area contributed by atoms with Crippen LogP contribution in [0.3, 0.4) is 0 Å². The Bertz CT molecular complexity index is 284. The number of nitrogens with zero attached hydrogens (tertiary/aromatic N) is 1. The molecule has 0 amide bonds. The fourth-order valence-corrected chi connectivity index (χ4v) is 5.35. The first-order valence-electron chi connectivity index (χ1n) is 8.30. The van der Waals surface area contributed by atoms with Gasteiger partial charge in [0.15, 0.2) is 0 Å². The van der Waals surface area contributed by atoms with Crippen molar-refractivity contribution < 1.29 is 0 Å². The van der Waals surface area contributed by atoms with Gasteiger partial charge in [0, 0.05) is 29.4 Å². The summed E-state index contributed by atoms with van der Waals surface area (Å²) in [4.78, 5) is 2.90. The lowest BCUT2D eigenvalue weighted by molar-refractivity contribution is 0.0897. The molecule has 110 valence electrons. The molecule has 2 aliphatic heterocycles. The van der Waals surface area contributed by atoms with Gasteiger partial charge in [-0.15, -0.1) is 0 Å². The molecule has 0 aromatic rings. The van der Waals surface area contributed by atoms with E-state index in [0.29, 0.717) is 4.75 Å². The third-order valence-electron chi connectivity index (χ3n) is 5.74. The van der Waals surface area contributed by atoms with Crippen LogP contribution in [0.1, 0.15) is 58.3 Å². The Morgan fingerprint density at radius 2 is 1.89 bits per heavy atom. The monoisotopic (exact) mass is 282 g/mol. The van der Waals surface area contributed by atoms with Crippen molar-refractivity contribution in [1.29, 1.82) is 0 Å². The number of thioether (sulfide) groups is 1. The second-order valence-electron chi connectivity index (χ2n) is 6.92. The third-order valence-corrected chi connectivity index (χ3v) is 7.14. The SMILES string of the molecule is CCCNC1CC2CCC(C1)N2CC1(SC)CCC1. The molecule has 19 heavy (non-hydrogen) atoms. The minimum atomic E-state index is 0.629. The average Bonchev–Trinajstić information content (AvgIpc) is 2.61. The van der Waals surface area contributed by atoms with Crippen LogP contribution in [0.5, 0.6) is 0 Å². The van der Waals surface area contributed by atoms with Crippen molar-refractivity contribution in [2.75, 3.05) is 19.3 Å². The summed E-state index contributed by atoms with van der Waals surface area (Å²) in [6, 6.07) is 2.58. The highest BCUT2D eigenvalue weighted by Crippen LogP contribution is 2.46. The highest BCUT2D eigenvalue weighted by molar-refractivity contribution is 8.00. The topological polar surface area (TPSA) is 15.3 Å². The second kappa shape index (κ2) is 5.95. The minimum Gasteiger partial charge on any atom is -0.314 e. The van der Waals surface area contributed by atoms with Crippen LogP contribution in [-0.2, 0) is 0 Å². The van der Waals surface area contributed by atoms with Crippen molar-refractivity contribution in [3.8, 4) is 0 Å². The van der Waals surface area contributed by atoms with Gasteiger partial charge in [0.25, 0.3) is 0 Å². The molecule has 3 heteroatoms. The van der Waals surface area contributed by atoms with Gasteiger partial charge in [-0.05, 0) is 57.7 Å². The molecule has 3 aliphatic rings. The van der Waals surface area contributed by atoms with Crippen LogP contribution < -0.4 is 5.32 Å². The van der Waals surface area contributed by atoms with Gasteiger partial charge in [0.2, 0.25) is 0 Å². The minimum absolute atomic E-state index is 0.629. The summed E-state index contributed by atoms with van der Waals surface area (Å²) in [5, 5.41) is 3.77. The first kappa shape index (κ1) is 14.2. The van der Waals surface area contributed by atoms with Gasteiger partial charge in [-0.1, -0.05) is 13.3 Å². The molecule has 3 fully saturated rings. The number of piperidine rings is 1. The van der Waals surface area contributed by atoms with Gasteiger partial charge < -0.3 is 5.32 Å². The van der Waals surface area contributed by atoms with Crippen LogP contribution in [0.15, 0.2) is 0 Å². The second-order valence-corrected chi connectivity index (χ2v) is 8.19. The van der Waals surface area contributed by atoms with Crippen LogP contribution in [0.4, 0.5) is 0 Å². The van der Waals surface area contributed by atoms with Crippen LogP contribution in [0, 0.1) is 0 Å². The molecule has 0 spiro atoms. The summed E-state index contributed by atoms with van der Waals surface area (Å²) in [6.07, 6.45) is 13.7. The Labute approximate surface area is 123 Å². The molecule has 2 nitrogen and oxygen atoms in total. The quantitative estimate of drug-likeness (QED) is 0.805. The van der Waals surface area contributed by atoms with Gasteiger partial charge >= 0.3 is 0 Å². The zero-order valence-electron chi connectivity index (χ0n) is 12.7. The Kier molecular flexibility index (Phi) is 4.45. The van der Waals surface area contributed by atoms with Crippen molar-refractivity contribution in [2.24, 2.45) is 0 Å². The Morgan fingerprint density at radius 3 is 2.37 bits per heavy atom. The molecule has 1 aliphatic carbocycles. The maximum Gasteiger partial charge on any atom is 0.0284 e. The predicted octanol–water partition coefficient (Wildman–Crippen LogP) is 3.27. The smallest absolute Gasteiger partial charge is 0.0284 e. The van der Waals surface area contributed by atoms with E-state index in [1.807, 2.05) is 0 Å². The molecular formula is C16H30N2S. The van der Waals surface area contributed by atoms with E-state index in [2.05, 4.69) is 35.2 Å². The molecule has 0 aromatic heterocycles. The number of hydrogen-bond acceptors (Lipinski definition) is 3. The molecule has 2 heterocycles. The zero-order chi connectivity index (χ0) is 13.3. The molecule has 2 atom stereocenters. The van der Waals surface area contributed by atoms with Crippen molar-refractivity contribution in [1.82, 2.24) is 10.2 Å². The Hall–Kier alpha value is 0.270. The lowest BCUT2D eigenvalue weighted by Crippen LogP contribution is -2.55. The standard InChI is InChI=1S/C16H30N2S/c1-3-9-17-13-10-14-5-6-15(11-13)18(14)12-16(19-2)7-4-8-16/h13-15,17H,3-12H2,1-2H3. The molecule has 3 rings (SSSR count). The van der Waals surface area contributed by atoms with Gasteiger partial charge in [-0.25, -0.2) is 0 Å². The Morgan fingerprint density at radius 1 is 1.21 bits per heavy atom. The van der Waals surface area contributed by atoms with Crippen LogP contribution in [0.25, 0.3) is 0 Å². The highest BCUT2D eigenvalue weighted by Gasteiger charge is 2.46. The van der Waals surface area contributed by atoms with Crippen molar-refractivity contribution in [3.63, 3.8) is 0 Å². The zero-order valence-corrected chi connectivity index (χ0v) is 13.5. The van der Waals surface area contributed by atoms with E-state index < -0.39 is 0 Å². The first-order chi connectivity index (χ1) is 9.26. The van der Waals surface area contributed by atoms with Crippen molar-refractivity contribution in [3.05, 3.63) is 0 Å². The summed E-state index contributed by atoms with van der Waals surface area (Å²) in [6.45, 7) is 4.86. The van der Waals surface area contributed by atoms with Gasteiger partial charge in [-0.3, -0.25) is 4.90 Å². The molecule has 2 unspecified atom stereocenters. The normalized spacial score (nSPS) is 37.3. The lowest BCUT2D eigenvalue weighted by Gasteiger charge is -2.48. The number of fused-ring (bicyclic) bond motifs is 2. The van der Waals surface area contributed by atoms with Gasteiger partial charge in [0.05, 0.1) is 0 Å². The lowest BCUT2D eigenvalue weighted by atomic mass is 9.82. The van der Waals surface area contributed by atoms with E-state index in [9.17, 15) is 0 Å². The molecule has 1 N–H and O–H groups in total. The van der Waals surface area contributed by atoms with Crippen LogP contribution in [0.2, 0.25) is 0 Å². The van der Waals surface area contributed by atoms with E-state index in [1.165, 1.54) is 64.5 Å². The summed E-state index contributed by atoms with van der Waals surface area (Å²) < 4.78 is 0.629. The number of nitrogens with one attached hydrogen (secondary N) is 1. The van der Waals surface area contributed by atoms with Crippen LogP contribution in [-0.4, -0.2) is 47.1 Å². The van der Waals surface area contributed by atoms with E-state index in [0.717, 1.165) is 18.1 Å². The first-order valence-corrected chi connectivity index (χ1v) is 9.53. The van der Waals surface area contributed by atoms with E-state index in [4.69, 9.17) is 0 Å². The van der Waals surface area contributed by atoms with Crippen molar-refractivity contribution in [2.45, 2.75) is 81.2 Å². The summed E-state index contributed by atoms with van der Waals surface area (Å²) >= 11 is 2.14. The van der Waals surface area contributed by atoms with Gasteiger partial charge in [0.1, 0.15) is 0 Å². The molecule has 1 saturated carbocycles. The average molecular weight is 282 g/mol.